The molecule has 1 N–H and O–H groups in total. The summed E-state index contributed by atoms with van der Waals surface area (Å²) in [5.74, 6) is -3.83. The summed E-state index contributed by atoms with van der Waals surface area (Å²) in [7, 11) is 1.73. The molecule has 2 amide bonds. The monoisotopic (exact) mass is 514 g/mol. The summed E-state index contributed by atoms with van der Waals surface area (Å²) in [6, 6.07) is 8.86. The van der Waals surface area contributed by atoms with Crippen LogP contribution < -0.4 is 5.32 Å². The fraction of sp³-hybridized carbons (Fsp3) is 0.370. The molecule has 196 valence electrons. The summed E-state index contributed by atoms with van der Waals surface area (Å²) in [6.45, 7) is 5.58. The van der Waals surface area contributed by atoms with Crippen molar-refractivity contribution in [2.24, 2.45) is 7.05 Å². The zero-order valence-corrected chi connectivity index (χ0v) is 21.1. The second-order valence-corrected chi connectivity index (χ2v) is 10.1. The lowest BCUT2D eigenvalue weighted by Gasteiger charge is -2.39. The van der Waals surface area contributed by atoms with Gasteiger partial charge >= 0.3 is 6.09 Å². The van der Waals surface area contributed by atoms with E-state index in [9.17, 15) is 18.4 Å². The Morgan fingerprint density at radius 2 is 1.78 bits per heavy atom. The number of benzene rings is 2. The van der Waals surface area contributed by atoms with Crippen molar-refractivity contribution in [3.8, 4) is 11.3 Å². The van der Waals surface area contributed by atoms with Crippen molar-refractivity contribution < 1.29 is 27.5 Å². The van der Waals surface area contributed by atoms with E-state index in [0.29, 0.717) is 29.8 Å². The summed E-state index contributed by atoms with van der Waals surface area (Å²) in [6.07, 6.45) is 1.39. The average Bonchev–Trinajstić information content (AvgIpc) is 3.25. The Morgan fingerprint density at radius 1 is 1.03 bits per heavy atom. The van der Waals surface area contributed by atoms with Crippen molar-refractivity contribution in [2.75, 3.05) is 13.1 Å². The number of hydrogen-bond donors (Lipinski definition) is 1. The van der Waals surface area contributed by atoms with E-state index in [1.807, 2.05) is 0 Å². The maximum Gasteiger partial charge on any atom is 0.410 e. The van der Waals surface area contributed by atoms with E-state index < -0.39 is 47.0 Å². The molecule has 4 rings (SSSR count). The first-order chi connectivity index (χ1) is 17.4. The van der Waals surface area contributed by atoms with Gasteiger partial charge in [0, 0.05) is 37.8 Å². The van der Waals surface area contributed by atoms with Crippen LogP contribution in [0, 0.1) is 17.5 Å². The number of nitrogens with zero attached hydrogens (tertiary/aromatic N) is 3. The second kappa shape index (κ2) is 10.3. The number of halogens is 3. The Balaban J connectivity index is 1.59. The zero-order valence-electron chi connectivity index (χ0n) is 21.1. The van der Waals surface area contributed by atoms with Gasteiger partial charge in [-0.15, -0.1) is 0 Å². The van der Waals surface area contributed by atoms with Crippen molar-refractivity contribution in [3.63, 3.8) is 0 Å². The molecule has 0 saturated carbocycles. The van der Waals surface area contributed by atoms with Crippen LogP contribution in [-0.4, -0.2) is 51.4 Å². The maximum absolute atomic E-state index is 15.0. The lowest BCUT2D eigenvalue weighted by atomic mass is 9.85. The molecule has 2 aromatic carbocycles. The molecule has 10 heteroatoms. The third-order valence-corrected chi connectivity index (χ3v) is 6.28. The van der Waals surface area contributed by atoms with Crippen LogP contribution in [0.5, 0.6) is 0 Å². The largest absolute Gasteiger partial charge is 0.444 e. The van der Waals surface area contributed by atoms with E-state index in [0.717, 1.165) is 12.1 Å². The molecule has 3 aromatic rings. The van der Waals surface area contributed by atoms with Gasteiger partial charge in [0.05, 0.1) is 17.3 Å². The minimum absolute atomic E-state index is 0.0546. The summed E-state index contributed by atoms with van der Waals surface area (Å²) in [4.78, 5) is 27.3. The first-order valence-electron chi connectivity index (χ1n) is 11.9. The van der Waals surface area contributed by atoms with Gasteiger partial charge < -0.3 is 15.0 Å². The van der Waals surface area contributed by atoms with E-state index in [4.69, 9.17) is 4.74 Å². The summed E-state index contributed by atoms with van der Waals surface area (Å²) >= 11 is 0. The highest BCUT2D eigenvalue weighted by Gasteiger charge is 2.36. The van der Waals surface area contributed by atoms with Crippen LogP contribution in [0.25, 0.3) is 11.3 Å². The van der Waals surface area contributed by atoms with Gasteiger partial charge in [-0.25, -0.2) is 18.0 Å². The van der Waals surface area contributed by atoms with E-state index in [2.05, 4.69) is 10.4 Å². The Bertz CT molecular complexity index is 1320. The topological polar surface area (TPSA) is 76.5 Å². The van der Waals surface area contributed by atoms with Crippen molar-refractivity contribution in [1.29, 1.82) is 0 Å². The molecule has 2 heterocycles. The van der Waals surface area contributed by atoms with E-state index in [-0.39, 0.29) is 12.1 Å². The summed E-state index contributed by atoms with van der Waals surface area (Å²) in [5, 5.41) is 6.88. The van der Waals surface area contributed by atoms with Gasteiger partial charge in [0.15, 0.2) is 11.6 Å². The molecule has 37 heavy (non-hydrogen) atoms. The van der Waals surface area contributed by atoms with Crippen molar-refractivity contribution in [1.82, 2.24) is 20.0 Å². The standard InChI is InChI=1S/C27H29F3N4O3/c1-27(2,3)37-26(36)34-12-10-18(16-6-8-20(28)22(30)13-16)23(15-34)32-25(35)19-7-5-17(14-21(19)29)24-9-11-31-33(24)4/h5-9,11,13-14,18,23H,10,12,15H2,1-4H3,(H,32,35)/t18-,23+/m0/s1. The summed E-state index contributed by atoms with van der Waals surface area (Å²) < 4.78 is 49.7. The smallest absolute Gasteiger partial charge is 0.410 e. The van der Waals surface area contributed by atoms with Gasteiger partial charge in [-0.1, -0.05) is 12.1 Å². The predicted molar refractivity (Wildman–Crippen MR) is 131 cm³/mol. The molecular weight excluding hydrogens is 485 g/mol. The molecule has 0 spiro atoms. The molecule has 2 atom stereocenters. The Labute approximate surface area is 213 Å². The number of likely N-dealkylation sites (tertiary alicyclic amines) is 1. The molecule has 1 saturated heterocycles. The van der Waals surface area contributed by atoms with Crippen LogP contribution in [0.4, 0.5) is 18.0 Å². The predicted octanol–water partition coefficient (Wildman–Crippen LogP) is 5.03. The minimum atomic E-state index is -1.01. The quantitative estimate of drug-likeness (QED) is 0.530. The van der Waals surface area contributed by atoms with Crippen molar-refractivity contribution in [2.45, 2.75) is 44.8 Å². The minimum Gasteiger partial charge on any atom is -0.444 e. The number of carbonyl (C=O) groups is 2. The Morgan fingerprint density at radius 3 is 2.41 bits per heavy atom. The molecule has 0 radical (unpaired) electrons. The van der Waals surface area contributed by atoms with Gasteiger partial charge in [-0.3, -0.25) is 9.48 Å². The highest BCUT2D eigenvalue weighted by atomic mass is 19.2. The van der Waals surface area contributed by atoms with Crippen LogP contribution in [0.2, 0.25) is 0 Å². The number of aryl methyl sites for hydroxylation is 1. The number of carbonyl (C=O) groups excluding carboxylic acids is 2. The molecule has 7 nitrogen and oxygen atoms in total. The number of amides is 2. The van der Waals surface area contributed by atoms with Gasteiger partial charge in [-0.05, 0) is 63.1 Å². The third kappa shape index (κ3) is 5.95. The molecule has 1 aliphatic heterocycles. The molecule has 0 bridgehead atoms. The molecule has 1 aromatic heterocycles. The highest BCUT2D eigenvalue weighted by Crippen LogP contribution is 2.31. The van der Waals surface area contributed by atoms with E-state index >= 15 is 4.39 Å². The molecular formula is C27H29F3N4O3. The number of nitrogens with one attached hydrogen (secondary N) is 1. The third-order valence-electron chi connectivity index (χ3n) is 6.28. The zero-order chi connectivity index (χ0) is 26.9. The lowest BCUT2D eigenvalue weighted by Crippen LogP contribution is -2.54. The first-order valence-corrected chi connectivity index (χ1v) is 11.9. The number of ether oxygens (including phenoxy) is 1. The molecule has 0 aliphatic carbocycles. The van der Waals surface area contributed by atoms with E-state index in [1.54, 1.807) is 50.8 Å². The molecule has 1 aliphatic rings. The van der Waals surface area contributed by atoms with Crippen LogP contribution in [0.15, 0.2) is 48.7 Å². The second-order valence-electron chi connectivity index (χ2n) is 10.1. The number of aromatic nitrogens is 2. The lowest BCUT2D eigenvalue weighted by molar-refractivity contribution is 0.0169. The normalized spacial score (nSPS) is 18.0. The van der Waals surface area contributed by atoms with Crippen molar-refractivity contribution in [3.05, 3.63) is 77.2 Å². The fourth-order valence-corrected chi connectivity index (χ4v) is 4.49. The van der Waals surface area contributed by atoms with Crippen LogP contribution in [0.3, 0.4) is 0 Å². The number of rotatable bonds is 4. The van der Waals surface area contributed by atoms with Crippen LogP contribution in [0.1, 0.15) is 49.0 Å². The van der Waals surface area contributed by atoms with Crippen molar-refractivity contribution >= 4 is 12.0 Å². The van der Waals surface area contributed by atoms with E-state index in [1.165, 1.54) is 23.1 Å². The number of hydrogen-bond acceptors (Lipinski definition) is 4. The van der Waals surface area contributed by atoms with Gasteiger partial charge in [-0.2, -0.15) is 5.10 Å². The van der Waals surface area contributed by atoms with Gasteiger partial charge in [0.25, 0.3) is 5.91 Å². The van der Waals surface area contributed by atoms with Crippen LogP contribution >= 0.6 is 0 Å². The fourth-order valence-electron chi connectivity index (χ4n) is 4.49. The molecule has 0 unspecified atom stereocenters. The summed E-state index contributed by atoms with van der Waals surface area (Å²) in [5.41, 5.74) is 0.822. The van der Waals surface area contributed by atoms with Crippen LogP contribution in [-0.2, 0) is 11.8 Å². The van der Waals surface area contributed by atoms with Gasteiger partial charge in [0.1, 0.15) is 11.4 Å². The SMILES string of the molecule is Cn1nccc1-c1ccc(C(=O)N[C@@H]2CN(C(=O)OC(C)(C)C)CC[C@H]2c2ccc(F)c(F)c2)c(F)c1. The maximum atomic E-state index is 15.0. The first kappa shape index (κ1) is 26.2. The Hall–Kier alpha value is -3.82. The highest BCUT2D eigenvalue weighted by molar-refractivity contribution is 5.95. The van der Waals surface area contributed by atoms with Gasteiger partial charge in [0.2, 0.25) is 0 Å². The average molecular weight is 515 g/mol. The Kier molecular flexibility index (Phi) is 7.29. The molecule has 1 fully saturated rings. The number of piperidine rings is 1.